The van der Waals surface area contributed by atoms with E-state index in [9.17, 15) is 8.42 Å². The Kier molecular flexibility index (Phi) is 4.91. The average molecular weight is 381 g/mol. The third-order valence-electron chi connectivity index (χ3n) is 2.60. The van der Waals surface area contributed by atoms with Crippen LogP contribution in [0.15, 0.2) is 21.1 Å². The average Bonchev–Trinajstić information content (AvgIpc) is 2.96. The summed E-state index contributed by atoms with van der Waals surface area (Å²) in [5.74, 6) is 0.702. The minimum atomic E-state index is -3.60. The van der Waals surface area contributed by atoms with E-state index in [0.29, 0.717) is 20.9 Å². The lowest BCUT2D eigenvalue weighted by Gasteiger charge is -2.05. The van der Waals surface area contributed by atoms with Gasteiger partial charge in [0.05, 0.1) is 10.4 Å². The molecule has 0 spiro atoms. The van der Waals surface area contributed by atoms with Crippen molar-refractivity contribution in [2.75, 3.05) is 6.54 Å². The molecule has 0 fully saturated rings. The first-order chi connectivity index (χ1) is 9.44. The van der Waals surface area contributed by atoms with Crippen LogP contribution in [-0.4, -0.2) is 34.8 Å². The first-order valence-electron chi connectivity index (χ1n) is 5.65. The highest BCUT2D eigenvalue weighted by Gasteiger charge is 2.20. The van der Waals surface area contributed by atoms with Gasteiger partial charge in [0.15, 0.2) is 0 Å². The Morgan fingerprint density at radius 2 is 2.30 bits per heavy atom. The highest BCUT2D eigenvalue weighted by molar-refractivity contribution is 9.11. The molecule has 0 radical (unpaired) electrons. The number of aliphatic hydroxyl groups excluding tert-OH is 1. The van der Waals surface area contributed by atoms with Crippen LogP contribution in [0.4, 0.5) is 0 Å². The van der Waals surface area contributed by atoms with Gasteiger partial charge in [-0.05, 0) is 22.0 Å². The van der Waals surface area contributed by atoms with Crippen LogP contribution in [0.25, 0.3) is 0 Å². The Morgan fingerprint density at radius 3 is 2.85 bits per heavy atom. The van der Waals surface area contributed by atoms with Gasteiger partial charge in [0, 0.05) is 24.9 Å². The number of nitrogens with zero attached hydrogens (tertiary/aromatic N) is 3. The normalized spacial score (nSPS) is 11.9. The van der Waals surface area contributed by atoms with Crippen LogP contribution in [0.2, 0.25) is 0 Å². The van der Waals surface area contributed by atoms with Crippen molar-refractivity contribution in [3.8, 4) is 0 Å². The third-order valence-corrected chi connectivity index (χ3v) is 6.30. The van der Waals surface area contributed by atoms with Gasteiger partial charge in [-0.1, -0.05) is 0 Å². The van der Waals surface area contributed by atoms with E-state index in [0.717, 1.165) is 0 Å². The molecule has 2 aromatic heterocycles. The molecule has 0 unspecified atom stereocenters. The van der Waals surface area contributed by atoms with E-state index in [1.54, 1.807) is 17.9 Å². The summed E-state index contributed by atoms with van der Waals surface area (Å²) in [5, 5.41) is 16.6. The molecule has 20 heavy (non-hydrogen) atoms. The van der Waals surface area contributed by atoms with Crippen LogP contribution < -0.4 is 4.72 Å². The van der Waals surface area contributed by atoms with Crippen molar-refractivity contribution >= 4 is 37.3 Å². The number of hydrogen-bond donors (Lipinski definition) is 2. The lowest BCUT2D eigenvalue weighted by Crippen LogP contribution is -2.26. The molecule has 0 aliphatic carbocycles. The van der Waals surface area contributed by atoms with E-state index in [1.807, 2.05) is 0 Å². The van der Waals surface area contributed by atoms with Gasteiger partial charge in [0.25, 0.3) is 0 Å². The Labute approximate surface area is 128 Å². The number of thiophene rings is 1. The Balaban J connectivity index is 2.04. The second-order valence-corrected chi connectivity index (χ2v) is 8.20. The molecular weight excluding hydrogens is 368 g/mol. The van der Waals surface area contributed by atoms with Crippen LogP contribution in [0.5, 0.6) is 0 Å². The molecule has 110 valence electrons. The van der Waals surface area contributed by atoms with Crippen LogP contribution in [0.3, 0.4) is 0 Å². The summed E-state index contributed by atoms with van der Waals surface area (Å²) < 4.78 is 29.0. The largest absolute Gasteiger partial charge is 0.391 e. The van der Waals surface area contributed by atoms with E-state index in [4.69, 9.17) is 5.11 Å². The Bertz CT molecular complexity index is 695. The van der Waals surface area contributed by atoms with Gasteiger partial charge in [-0.2, -0.15) is 0 Å². The van der Waals surface area contributed by atoms with Gasteiger partial charge in [-0.15, -0.1) is 21.5 Å². The van der Waals surface area contributed by atoms with Crippen molar-refractivity contribution in [1.29, 1.82) is 0 Å². The standard InChI is InChI=1S/C10H13BrN4O3S2/c1-15-6-12-14-9(15)2-3-13-20(17,18)8-4-7(5-16)19-10(8)11/h4,6,13,16H,2-3,5H2,1H3. The molecule has 0 aliphatic heterocycles. The zero-order valence-corrected chi connectivity index (χ0v) is 13.8. The maximum absolute atomic E-state index is 12.1. The molecule has 0 saturated carbocycles. The zero-order chi connectivity index (χ0) is 14.8. The van der Waals surface area contributed by atoms with Gasteiger partial charge in [0.2, 0.25) is 10.0 Å². The predicted molar refractivity (Wildman–Crippen MR) is 77.8 cm³/mol. The number of rotatable bonds is 6. The number of nitrogens with one attached hydrogen (secondary N) is 1. The summed E-state index contributed by atoms with van der Waals surface area (Å²) in [6.45, 7) is 0.0450. The second-order valence-electron chi connectivity index (χ2n) is 4.01. The van der Waals surface area contributed by atoms with E-state index in [1.165, 1.54) is 17.4 Å². The first-order valence-corrected chi connectivity index (χ1v) is 8.75. The van der Waals surface area contributed by atoms with Gasteiger partial charge in [0.1, 0.15) is 17.0 Å². The third kappa shape index (κ3) is 3.44. The monoisotopic (exact) mass is 380 g/mol. The fourth-order valence-electron chi connectivity index (χ4n) is 1.57. The van der Waals surface area contributed by atoms with E-state index < -0.39 is 10.0 Å². The predicted octanol–water partition coefficient (Wildman–Crippen LogP) is 0.652. The number of halogens is 1. The van der Waals surface area contributed by atoms with Gasteiger partial charge >= 0.3 is 0 Å². The number of sulfonamides is 1. The van der Waals surface area contributed by atoms with Crippen molar-refractivity contribution in [3.63, 3.8) is 0 Å². The van der Waals surface area contributed by atoms with Crippen molar-refractivity contribution in [3.05, 3.63) is 26.9 Å². The maximum Gasteiger partial charge on any atom is 0.242 e. The highest BCUT2D eigenvalue weighted by atomic mass is 79.9. The molecule has 7 nitrogen and oxygen atoms in total. The summed E-state index contributed by atoms with van der Waals surface area (Å²) in [7, 11) is -1.80. The van der Waals surface area contributed by atoms with Gasteiger partial charge in [-0.25, -0.2) is 13.1 Å². The van der Waals surface area contributed by atoms with Crippen molar-refractivity contribution in [2.45, 2.75) is 17.9 Å². The highest BCUT2D eigenvalue weighted by Crippen LogP contribution is 2.31. The van der Waals surface area contributed by atoms with Crippen LogP contribution in [0.1, 0.15) is 10.7 Å². The fourth-order valence-corrected chi connectivity index (χ4v) is 5.14. The van der Waals surface area contributed by atoms with Crippen molar-refractivity contribution in [2.24, 2.45) is 7.05 Å². The van der Waals surface area contributed by atoms with Crippen LogP contribution >= 0.6 is 27.3 Å². The van der Waals surface area contributed by atoms with Gasteiger partial charge in [-0.3, -0.25) is 0 Å². The summed E-state index contributed by atoms with van der Waals surface area (Å²) in [6, 6.07) is 1.46. The second kappa shape index (κ2) is 6.31. The van der Waals surface area contributed by atoms with Crippen molar-refractivity contribution in [1.82, 2.24) is 19.5 Å². The molecule has 0 saturated heterocycles. The van der Waals surface area contributed by atoms with E-state index in [-0.39, 0.29) is 18.0 Å². The van der Waals surface area contributed by atoms with E-state index in [2.05, 4.69) is 30.8 Å². The lowest BCUT2D eigenvalue weighted by molar-refractivity contribution is 0.285. The van der Waals surface area contributed by atoms with E-state index >= 15 is 0 Å². The number of aromatic nitrogens is 3. The summed E-state index contributed by atoms with van der Waals surface area (Å²) in [5.41, 5.74) is 0. The molecule has 0 bridgehead atoms. The number of aryl methyl sites for hydroxylation is 1. The first kappa shape index (κ1) is 15.6. The number of hydrogen-bond acceptors (Lipinski definition) is 6. The molecule has 0 aliphatic rings. The Morgan fingerprint density at radius 1 is 1.55 bits per heavy atom. The minimum absolute atomic E-state index is 0.143. The molecule has 2 aromatic rings. The zero-order valence-electron chi connectivity index (χ0n) is 10.6. The summed E-state index contributed by atoms with van der Waals surface area (Å²) in [6.07, 6.45) is 2.01. The minimum Gasteiger partial charge on any atom is -0.391 e. The number of aliphatic hydroxyl groups is 1. The molecule has 0 atom stereocenters. The molecule has 2 N–H and O–H groups in total. The maximum atomic E-state index is 12.1. The molecule has 10 heteroatoms. The van der Waals surface area contributed by atoms with Crippen molar-refractivity contribution < 1.29 is 13.5 Å². The SMILES string of the molecule is Cn1cnnc1CCNS(=O)(=O)c1cc(CO)sc1Br. The van der Waals surface area contributed by atoms with Crippen LogP contribution in [0, 0.1) is 0 Å². The van der Waals surface area contributed by atoms with Crippen LogP contribution in [-0.2, 0) is 30.1 Å². The molecule has 2 heterocycles. The molecule has 0 aromatic carbocycles. The molecule has 0 amide bonds. The Hall–Kier alpha value is -0.810. The molecular formula is C10H13BrN4O3S2. The topological polar surface area (TPSA) is 97.1 Å². The lowest BCUT2D eigenvalue weighted by atomic mass is 10.4. The van der Waals surface area contributed by atoms with Gasteiger partial charge < -0.3 is 9.67 Å². The molecule has 2 rings (SSSR count). The summed E-state index contributed by atoms with van der Waals surface area (Å²) >= 11 is 4.39. The summed E-state index contributed by atoms with van der Waals surface area (Å²) in [4.78, 5) is 0.732. The fraction of sp³-hybridized carbons (Fsp3) is 0.400. The smallest absolute Gasteiger partial charge is 0.242 e. The quantitative estimate of drug-likeness (QED) is 0.766.